The zero-order valence-corrected chi connectivity index (χ0v) is 15.0. The molecule has 1 saturated carbocycles. The summed E-state index contributed by atoms with van der Waals surface area (Å²) in [4.78, 5) is 4.94. The Morgan fingerprint density at radius 2 is 1.84 bits per heavy atom. The van der Waals surface area contributed by atoms with Gasteiger partial charge < -0.3 is 9.84 Å². The van der Waals surface area contributed by atoms with Crippen LogP contribution >= 0.6 is 0 Å². The summed E-state index contributed by atoms with van der Waals surface area (Å²) in [5.41, 5.74) is 0. The highest BCUT2D eigenvalue weighted by molar-refractivity contribution is 5.03. The maximum absolute atomic E-state index is 9.84. The Morgan fingerprint density at radius 3 is 2.60 bits per heavy atom. The number of ether oxygens (including phenoxy) is 1. The van der Waals surface area contributed by atoms with E-state index in [1.165, 1.54) is 25.7 Å². The average Bonchev–Trinajstić information content (AvgIpc) is 3.39. The first-order chi connectivity index (χ1) is 12.4. The normalized spacial score (nSPS) is 29.6. The Morgan fingerprint density at radius 1 is 1.04 bits per heavy atom. The highest BCUT2D eigenvalue weighted by Crippen LogP contribution is 2.40. The van der Waals surface area contributed by atoms with Gasteiger partial charge in [0.15, 0.2) is 5.82 Å². The maximum atomic E-state index is 9.84. The molecule has 140 valence electrons. The van der Waals surface area contributed by atoms with Gasteiger partial charge in [0.1, 0.15) is 0 Å². The van der Waals surface area contributed by atoms with Crippen LogP contribution in [0.1, 0.15) is 50.4 Å². The second kappa shape index (κ2) is 8.07. The summed E-state index contributed by atoms with van der Waals surface area (Å²) in [6.45, 7) is 5.63. The Hall–Kier alpha value is -1.09. The molecule has 4 rings (SSSR count). The molecule has 2 atom stereocenters. The van der Waals surface area contributed by atoms with Crippen LogP contribution in [0.5, 0.6) is 0 Å². The van der Waals surface area contributed by atoms with Crippen LogP contribution in [0, 0.1) is 0 Å². The van der Waals surface area contributed by atoms with Gasteiger partial charge in [-0.2, -0.15) is 0 Å². The quantitative estimate of drug-likeness (QED) is 0.798. The molecule has 1 aromatic rings. The number of aliphatic hydroxyl groups excluding tert-OH is 1. The molecule has 3 aliphatic rings. The summed E-state index contributed by atoms with van der Waals surface area (Å²) in [6.07, 6.45) is 7.15. The second-order valence-electron chi connectivity index (χ2n) is 7.53. The number of aromatic nitrogens is 4. The monoisotopic (exact) mass is 350 g/mol. The van der Waals surface area contributed by atoms with E-state index in [1.807, 2.05) is 4.68 Å². The van der Waals surface area contributed by atoms with E-state index in [4.69, 9.17) is 4.74 Å². The summed E-state index contributed by atoms with van der Waals surface area (Å²) in [5, 5.41) is 22.5. The number of hydrogen-bond donors (Lipinski definition) is 1. The molecule has 25 heavy (non-hydrogen) atoms. The molecule has 1 aromatic heterocycles. The molecular weight excluding hydrogens is 320 g/mol. The standard InChI is InChI=1S/C17H30N6O2/c24-13-15-5-6-16(23(15)14-3-1-2-4-14)17-18-19-20-22(17)8-7-21-9-11-25-12-10-21/h14-16,24H,1-13H2/t15-,16-/m0/s1. The van der Waals surface area contributed by atoms with Crippen molar-refractivity contribution < 1.29 is 9.84 Å². The minimum Gasteiger partial charge on any atom is -0.395 e. The predicted molar refractivity (Wildman–Crippen MR) is 92.0 cm³/mol. The molecule has 0 amide bonds. The van der Waals surface area contributed by atoms with Crippen LogP contribution in [0.25, 0.3) is 0 Å². The van der Waals surface area contributed by atoms with Crippen LogP contribution in [-0.4, -0.2) is 86.7 Å². The number of rotatable bonds is 6. The fourth-order valence-corrected chi connectivity index (χ4v) is 4.78. The van der Waals surface area contributed by atoms with Gasteiger partial charge in [-0.15, -0.1) is 5.10 Å². The summed E-state index contributed by atoms with van der Waals surface area (Å²) >= 11 is 0. The van der Waals surface area contributed by atoms with Gasteiger partial charge >= 0.3 is 0 Å². The fraction of sp³-hybridized carbons (Fsp3) is 0.941. The lowest BCUT2D eigenvalue weighted by atomic mass is 10.1. The summed E-state index contributed by atoms with van der Waals surface area (Å²) in [6, 6.07) is 1.09. The van der Waals surface area contributed by atoms with E-state index in [0.717, 1.165) is 58.1 Å². The lowest BCUT2D eigenvalue weighted by molar-refractivity contribution is 0.0353. The lowest BCUT2D eigenvalue weighted by Gasteiger charge is -2.34. The number of hydrogen-bond acceptors (Lipinski definition) is 7. The van der Waals surface area contributed by atoms with Gasteiger partial charge in [-0.05, 0) is 36.1 Å². The van der Waals surface area contributed by atoms with Crippen LogP contribution in [0.3, 0.4) is 0 Å². The molecule has 8 nitrogen and oxygen atoms in total. The molecule has 1 N–H and O–H groups in total. The molecule has 0 unspecified atom stereocenters. The van der Waals surface area contributed by atoms with E-state index in [1.54, 1.807) is 0 Å². The average molecular weight is 350 g/mol. The molecular formula is C17H30N6O2. The first-order valence-electron chi connectivity index (χ1n) is 9.81. The van der Waals surface area contributed by atoms with Crippen molar-refractivity contribution in [1.82, 2.24) is 30.0 Å². The summed E-state index contributed by atoms with van der Waals surface area (Å²) in [7, 11) is 0. The van der Waals surface area contributed by atoms with Gasteiger partial charge in [0, 0.05) is 31.7 Å². The minimum atomic E-state index is 0.238. The molecule has 0 spiro atoms. The number of tetrazole rings is 1. The number of nitrogens with zero attached hydrogens (tertiary/aromatic N) is 6. The highest BCUT2D eigenvalue weighted by atomic mass is 16.5. The van der Waals surface area contributed by atoms with Gasteiger partial charge in [-0.3, -0.25) is 9.80 Å². The molecule has 0 aromatic carbocycles. The van der Waals surface area contributed by atoms with Gasteiger partial charge in [0.05, 0.1) is 32.4 Å². The van der Waals surface area contributed by atoms with E-state index in [9.17, 15) is 5.11 Å². The van der Waals surface area contributed by atoms with Crippen molar-refractivity contribution >= 4 is 0 Å². The molecule has 3 heterocycles. The zero-order chi connectivity index (χ0) is 17.1. The molecule has 3 fully saturated rings. The number of aliphatic hydroxyl groups is 1. The van der Waals surface area contributed by atoms with Crippen LogP contribution < -0.4 is 0 Å². The van der Waals surface area contributed by atoms with E-state index >= 15 is 0 Å². The first-order valence-corrected chi connectivity index (χ1v) is 9.81. The van der Waals surface area contributed by atoms with E-state index in [0.29, 0.717) is 6.04 Å². The smallest absolute Gasteiger partial charge is 0.168 e. The largest absolute Gasteiger partial charge is 0.395 e. The van der Waals surface area contributed by atoms with Crippen molar-refractivity contribution in [3.8, 4) is 0 Å². The van der Waals surface area contributed by atoms with Crippen molar-refractivity contribution in [2.45, 2.75) is 63.2 Å². The maximum Gasteiger partial charge on any atom is 0.168 e. The molecule has 1 aliphatic carbocycles. The molecule has 2 aliphatic heterocycles. The Labute approximate surface area is 149 Å². The SMILES string of the molecule is OC[C@@H]1CC[C@@H](c2nnnn2CCN2CCOCC2)N1C1CCCC1. The molecule has 0 radical (unpaired) electrons. The summed E-state index contributed by atoms with van der Waals surface area (Å²) < 4.78 is 7.41. The van der Waals surface area contributed by atoms with Gasteiger partial charge in [0.25, 0.3) is 0 Å². The first kappa shape index (κ1) is 17.3. The fourth-order valence-electron chi connectivity index (χ4n) is 4.78. The lowest BCUT2D eigenvalue weighted by Crippen LogP contribution is -2.42. The van der Waals surface area contributed by atoms with E-state index in [-0.39, 0.29) is 18.7 Å². The minimum absolute atomic E-state index is 0.238. The van der Waals surface area contributed by atoms with E-state index in [2.05, 4.69) is 25.3 Å². The van der Waals surface area contributed by atoms with Crippen molar-refractivity contribution in [2.24, 2.45) is 0 Å². The second-order valence-corrected chi connectivity index (χ2v) is 7.53. The molecule has 0 bridgehead atoms. The zero-order valence-electron chi connectivity index (χ0n) is 15.0. The van der Waals surface area contributed by atoms with Crippen molar-refractivity contribution in [3.05, 3.63) is 5.82 Å². The van der Waals surface area contributed by atoms with Crippen molar-refractivity contribution in [1.29, 1.82) is 0 Å². The Balaban J connectivity index is 1.46. The third-order valence-corrected chi connectivity index (χ3v) is 6.10. The highest BCUT2D eigenvalue weighted by Gasteiger charge is 2.41. The Bertz CT molecular complexity index is 541. The molecule has 8 heteroatoms. The van der Waals surface area contributed by atoms with Gasteiger partial charge in [0.2, 0.25) is 0 Å². The number of morpholine rings is 1. The topological polar surface area (TPSA) is 79.5 Å². The van der Waals surface area contributed by atoms with Crippen molar-refractivity contribution in [3.63, 3.8) is 0 Å². The van der Waals surface area contributed by atoms with Gasteiger partial charge in [-0.1, -0.05) is 12.8 Å². The van der Waals surface area contributed by atoms with Gasteiger partial charge in [-0.25, -0.2) is 4.68 Å². The van der Waals surface area contributed by atoms with Crippen LogP contribution in [0.4, 0.5) is 0 Å². The van der Waals surface area contributed by atoms with E-state index < -0.39 is 0 Å². The Kier molecular flexibility index (Phi) is 5.60. The number of likely N-dealkylation sites (tertiary alicyclic amines) is 1. The van der Waals surface area contributed by atoms with Crippen LogP contribution in [0.15, 0.2) is 0 Å². The molecule has 2 saturated heterocycles. The van der Waals surface area contributed by atoms with Crippen molar-refractivity contribution in [2.75, 3.05) is 39.5 Å². The third kappa shape index (κ3) is 3.72. The summed E-state index contributed by atoms with van der Waals surface area (Å²) in [5.74, 6) is 0.983. The van der Waals surface area contributed by atoms with Crippen LogP contribution in [-0.2, 0) is 11.3 Å². The van der Waals surface area contributed by atoms with Crippen LogP contribution in [0.2, 0.25) is 0 Å². The third-order valence-electron chi connectivity index (χ3n) is 6.10. The predicted octanol–water partition coefficient (Wildman–Crippen LogP) is 0.446.